The van der Waals surface area contributed by atoms with Gasteiger partial charge in [-0.05, 0) is 60.4 Å². The van der Waals surface area contributed by atoms with Gasteiger partial charge in [-0.1, -0.05) is 12.1 Å². The smallest absolute Gasteiger partial charge is 0.350 e. The lowest BCUT2D eigenvalue weighted by molar-refractivity contribution is 0.0258. The highest BCUT2D eigenvalue weighted by atomic mass is 32.2. The fourth-order valence-corrected chi connectivity index (χ4v) is 4.76. The van der Waals surface area contributed by atoms with E-state index in [0.717, 1.165) is 19.1 Å². The number of nitrogens with zero attached hydrogens (tertiary/aromatic N) is 6. The molecule has 2 N–H and O–H groups in total. The number of anilines is 1. The summed E-state index contributed by atoms with van der Waals surface area (Å²) in [7, 11) is -3.44. The topological polar surface area (TPSA) is 127 Å². The number of halogens is 2. The monoisotopic (exact) mass is 525 g/mol. The molecule has 0 spiro atoms. The minimum atomic E-state index is -3.62. The van der Waals surface area contributed by atoms with Crippen LogP contribution in [0.5, 0.6) is 0 Å². The summed E-state index contributed by atoms with van der Waals surface area (Å²) < 4.78 is 57.7. The highest BCUT2D eigenvalue weighted by Crippen LogP contribution is 2.35. The van der Waals surface area contributed by atoms with Crippen molar-refractivity contribution in [2.75, 3.05) is 11.6 Å². The number of imidazole rings is 1. The van der Waals surface area contributed by atoms with E-state index < -0.39 is 33.5 Å². The molecule has 13 heteroatoms. The number of rotatable bonds is 7. The van der Waals surface area contributed by atoms with Crippen molar-refractivity contribution in [1.82, 2.24) is 29.2 Å². The molecule has 1 saturated carbocycles. The molecule has 1 aliphatic carbocycles. The number of nitrogens with one attached hydrogen (secondary N) is 1. The van der Waals surface area contributed by atoms with Crippen LogP contribution in [0.3, 0.4) is 0 Å². The number of hydrogen-bond acceptors (Lipinski definition) is 8. The number of aliphatic hydroxyl groups is 1. The van der Waals surface area contributed by atoms with Crippen LogP contribution in [-0.4, -0.2) is 55.2 Å². The number of pyridine rings is 1. The maximum absolute atomic E-state index is 15.7. The molecule has 4 aromatic heterocycles. The summed E-state index contributed by atoms with van der Waals surface area (Å²) in [6.07, 6.45) is 5.08. The van der Waals surface area contributed by atoms with Gasteiger partial charge in [0.05, 0.1) is 11.1 Å². The zero-order chi connectivity index (χ0) is 25.9. The van der Waals surface area contributed by atoms with Gasteiger partial charge >= 0.3 is 5.92 Å². The standard InChI is InChI=1S/C24H21F2N7O3S/c1-37(35,36)17-4-2-3-15(11-17)16-7-9-21-29-30-23(32(21)12-16)24(25,26)18-8-10-20-27-19(13-33(20)31-18)28-22(34)14-5-6-14/h2-4,7-14,22,28,34H,5-6H2,1H3. The average molecular weight is 526 g/mol. The highest BCUT2D eigenvalue weighted by Gasteiger charge is 2.41. The molecule has 0 bridgehead atoms. The van der Waals surface area contributed by atoms with Crippen LogP contribution >= 0.6 is 0 Å². The summed E-state index contributed by atoms with van der Waals surface area (Å²) in [5.41, 5.74) is 1.02. The molecule has 6 rings (SSSR count). The average Bonchev–Trinajstić information content (AvgIpc) is 3.51. The van der Waals surface area contributed by atoms with E-state index in [4.69, 9.17) is 0 Å². The summed E-state index contributed by atoms with van der Waals surface area (Å²) in [6.45, 7) is 0. The predicted octanol–water partition coefficient (Wildman–Crippen LogP) is 3.12. The van der Waals surface area contributed by atoms with Gasteiger partial charge in [0.2, 0.25) is 5.82 Å². The first-order valence-corrected chi connectivity index (χ1v) is 13.3. The number of aromatic nitrogens is 6. The van der Waals surface area contributed by atoms with Gasteiger partial charge in [-0.3, -0.25) is 4.40 Å². The van der Waals surface area contributed by atoms with E-state index in [1.807, 2.05) is 0 Å². The summed E-state index contributed by atoms with van der Waals surface area (Å²) in [6, 6.07) is 12.0. The van der Waals surface area contributed by atoms with E-state index in [9.17, 15) is 13.5 Å². The molecule has 0 amide bonds. The van der Waals surface area contributed by atoms with Gasteiger partial charge in [0, 0.05) is 18.4 Å². The van der Waals surface area contributed by atoms with Gasteiger partial charge in [0.25, 0.3) is 0 Å². The quantitative estimate of drug-likeness (QED) is 0.311. The number of aliphatic hydroxyl groups excluding tert-OH is 1. The Bertz CT molecular complexity index is 1760. The molecule has 5 aromatic rings. The molecular formula is C24H21F2N7O3S. The van der Waals surface area contributed by atoms with Crippen LogP contribution in [0.2, 0.25) is 0 Å². The molecule has 4 heterocycles. The van der Waals surface area contributed by atoms with Crippen LogP contribution in [0.15, 0.2) is 65.8 Å². The predicted molar refractivity (Wildman–Crippen MR) is 130 cm³/mol. The lowest BCUT2D eigenvalue weighted by atomic mass is 10.1. The normalized spacial score (nSPS) is 15.4. The van der Waals surface area contributed by atoms with Crippen molar-refractivity contribution in [3.05, 3.63) is 72.4 Å². The zero-order valence-corrected chi connectivity index (χ0v) is 20.3. The van der Waals surface area contributed by atoms with Gasteiger partial charge in [-0.25, -0.2) is 17.9 Å². The second-order valence-corrected chi connectivity index (χ2v) is 11.1. The van der Waals surface area contributed by atoms with Crippen molar-refractivity contribution in [3.63, 3.8) is 0 Å². The molecular weight excluding hydrogens is 504 g/mol. The van der Waals surface area contributed by atoms with Crippen LogP contribution in [0.1, 0.15) is 24.4 Å². The molecule has 1 aromatic carbocycles. The Hall–Kier alpha value is -3.97. The first-order chi connectivity index (χ1) is 17.6. The number of alkyl halides is 2. The van der Waals surface area contributed by atoms with Crippen molar-refractivity contribution >= 4 is 26.9 Å². The second-order valence-electron chi connectivity index (χ2n) is 9.12. The molecule has 10 nitrogen and oxygen atoms in total. The van der Waals surface area contributed by atoms with Crippen molar-refractivity contribution < 1.29 is 22.3 Å². The first kappa shape index (κ1) is 23.4. The summed E-state index contributed by atoms with van der Waals surface area (Å²) in [5.74, 6) is -3.76. The third-order valence-corrected chi connectivity index (χ3v) is 7.39. The Kier molecular flexibility index (Phi) is 5.24. The molecule has 1 aliphatic rings. The number of fused-ring (bicyclic) bond motifs is 2. The van der Waals surface area contributed by atoms with Gasteiger partial charge in [0.1, 0.15) is 17.7 Å². The second kappa shape index (κ2) is 8.28. The van der Waals surface area contributed by atoms with E-state index in [2.05, 4.69) is 25.6 Å². The van der Waals surface area contributed by atoms with Crippen molar-refractivity contribution in [1.29, 1.82) is 0 Å². The van der Waals surface area contributed by atoms with Crippen molar-refractivity contribution in [2.45, 2.75) is 29.9 Å². The summed E-state index contributed by atoms with van der Waals surface area (Å²) in [4.78, 5) is 4.40. The molecule has 0 radical (unpaired) electrons. The highest BCUT2D eigenvalue weighted by molar-refractivity contribution is 7.90. The summed E-state index contributed by atoms with van der Waals surface area (Å²) in [5, 5.41) is 24.6. The minimum absolute atomic E-state index is 0.121. The molecule has 37 heavy (non-hydrogen) atoms. The van der Waals surface area contributed by atoms with E-state index in [1.165, 1.54) is 51.6 Å². The van der Waals surface area contributed by atoms with Gasteiger partial charge in [-0.15, -0.1) is 10.2 Å². The zero-order valence-electron chi connectivity index (χ0n) is 19.5. The van der Waals surface area contributed by atoms with Gasteiger partial charge < -0.3 is 10.4 Å². The number of hydrogen-bond donors (Lipinski definition) is 2. The maximum Gasteiger partial charge on any atom is 0.350 e. The van der Waals surface area contributed by atoms with E-state index in [-0.39, 0.29) is 16.5 Å². The number of sulfone groups is 1. The van der Waals surface area contributed by atoms with Crippen molar-refractivity contribution in [2.24, 2.45) is 5.92 Å². The Labute approximate surface area is 209 Å². The first-order valence-electron chi connectivity index (χ1n) is 11.4. The van der Waals surface area contributed by atoms with E-state index in [1.54, 1.807) is 18.2 Å². The largest absolute Gasteiger partial charge is 0.373 e. The van der Waals surface area contributed by atoms with Crippen molar-refractivity contribution in [3.8, 4) is 11.1 Å². The maximum atomic E-state index is 15.7. The molecule has 190 valence electrons. The molecule has 0 saturated heterocycles. The lowest BCUT2D eigenvalue weighted by Gasteiger charge is -2.14. The minimum Gasteiger partial charge on any atom is -0.373 e. The lowest BCUT2D eigenvalue weighted by Crippen LogP contribution is -2.22. The van der Waals surface area contributed by atoms with Gasteiger partial charge in [-0.2, -0.15) is 13.9 Å². The van der Waals surface area contributed by atoms with E-state index in [0.29, 0.717) is 22.6 Å². The SMILES string of the molecule is CS(=O)(=O)c1cccc(-c2ccc3nnc(C(F)(F)c4ccc5nc(NC(O)C6CC6)cn5n4)n3c2)c1. The van der Waals surface area contributed by atoms with Gasteiger partial charge in [0.15, 0.2) is 21.1 Å². The van der Waals surface area contributed by atoms with Crippen LogP contribution in [-0.2, 0) is 15.8 Å². The molecule has 1 fully saturated rings. The Morgan fingerprint density at radius 2 is 1.84 bits per heavy atom. The molecule has 1 atom stereocenters. The van der Waals surface area contributed by atoms with Crippen LogP contribution in [0, 0.1) is 5.92 Å². The fourth-order valence-electron chi connectivity index (χ4n) is 4.10. The van der Waals surface area contributed by atoms with Crippen LogP contribution in [0.4, 0.5) is 14.6 Å². The summed E-state index contributed by atoms with van der Waals surface area (Å²) >= 11 is 0. The van der Waals surface area contributed by atoms with Crippen LogP contribution < -0.4 is 5.32 Å². The Morgan fingerprint density at radius 3 is 2.59 bits per heavy atom. The third-order valence-electron chi connectivity index (χ3n) is 6.28. The fraction of sp³-hybridized carbons (Fsp3) is 0.250. The Balaban J connectivity index is 1.37. The molecule has 1 unspecified atom stereocenters. The van der Waals surface area contributed by atoms with Crippen LogP contribution in [0.25, 0.3) is 22.4 Å². The third kappa shape index (κ3) is 4.29. The van der Waals surface area contributed by atoms with E-state index >= 15 is 8.78 Å². The number of benzene rings is 1. The molecule has 0 aliphatic heterocycles. The Morgan fingerprint density at radius 1 is 1.05 bits per heavy atom.